The number of rotatable bonds is 3. The van der Waals surface area contributed by atoms with Crippen LogP contribution in [0.1, 0.15) is 18.1 Å². The van der Waals surface area contributed by atoms with E-state index in [4.69, 9.17) is 5.73 Å². The molecule has 2 rings (SSSR count). The van der Waals surface area contributed by atoms with Crippen molar-refractivity contribution < 1.29 is 18.7 Å². The van der Waals surface area contributed by atoms with Gasteiger partial charge in [0.1, 0.15) is 12.1 Å². The highest BCUT2D eigenvalue weighted by atomic mass is 19.3. The van der Waals surface area contributed by atoms with E-state index in [0.29, 0.717) is 5.56 Å². The first kappa shape index (κ1) is 13.8. The molecule has 1 aliphatic heterocycles. The third-order valence-electron chi connectivity index (χ3n) is 3.15. The van der Waals surface area contributed by atoms with E-state index >= 15 is 0 Å². The summed E-state index contributed by atoms with van der Waals surface area (Å²) in [5.74, 6) is -3.53. The molecule has 1 fully saturated rings. The number of hydrogen-bond donors (Lipinski definition) is 2. The molecule has 104 valence electrons. The summed E-state index contributed by atoms with van der Waals surface area (Å²) in [5.41, 5.74) is 6.09. The second-order valence-corrected chi connectivity index (χ2v) is 4.62. The first-order chi connectivity index (χ1) is 8.91. The van der Waals surface area contributed by atoms with Crippen LogP contribution < -0.4 is 5.73 Å². The van der Waals surface area contributed by atoms with Crippen LogP contribution in [0.4, 0.5) is 8.78 Å². The van der Waals surface area contributed by atoms with Crippen molar-refractivity contribution in [3.63, 3.8) is 0 Å². The number of nitrogens with zero attached hydrogens (tertiary/aromatic N) is 2. The molecule has 2 atom stereocenters. The highest BCUT2D eigenvalue weighted by molar-refractivity contribution is 5.82. The Bertz CT molecular complexity index is 456. The largest absolute Gasteiger partial charge is 0.386 e. The van der Waals surface area contributed by atoms with Crippen LogP contribution in [0.3, 0.4) is 0 Å². The molecule has 0 spiro atoms. The van der Waals surface area contributed by atoms with E-state index in [1.165, 1.54) is 24.5 Å². The first-order valence-electron chi connectivity index (χ1n) is 5.91. The molecule has 0 radical (unpaired) electrons. The van der Waals surface area contributed by atoms with Gasteiger partial charge in [-0.15, -0.1) is 0 Å². The molecule has 0 unspecified atom stereocenters. The molecule has 1 aromatic rings. The summed E-state index contributed by atoms with van der Waals surface area (Å²) in [4.78, 5) is 16.7. The number of carbonyl (C=O) groups excluding carboxylic acids is 1. The second kappa shape index (κ2) is 5.18. The van der Waals surface area contributed by atoms with Gasteiger partial charge in [0.2, 0.25) is 5.91 Å². The maximum absolute atomic E-state index is 13.0. The number of amides is 1. The lowest BCUT2D eigenvalue weighted by Crippen LogP contribution is -2.46. The highest BCUT2D eigenvalue weighted by Crippen LogP contribution is 2.28. The van der Waals surface area contributed by atoms with Crippen LogP contribution in [0, 0.1) is 0 Å². The van der Waals surface area contributed by atoms with Crippen LogP contribution in [-0.2, 0) is 4.79 Å². The maximum Gasteiger partial charge on any atom is 0.267 e. The van der Waals surface area contributed by atoms with E-state index in [2.05, 4.69) is 4.98 Å². The molecular formula is C12H15F2N3O2. The third kappa shape index (κ3) is 3.05. The van der Waals surface area contributed by atoms with Crippen molar-refractivity contribution in [3.05, 3.63) is 30.1 Å². The lowest BCUT2D eigenvalue weighted by Gasteiger charge is -2.24. The van der Waals surface area contributed by atoms with Gasteiger partial charge in [0.15, 0.2) is 0 Å². The molecule has 1 amide bonds. The fourth-order valence-electron chi connectivity index (χ4n) is 2.04. The quantitative estimate of drug-likeness (QED) is 0.829. The Labute approximate surface area is 109 Å². The monoisotopic (exact) mass is 271 g/mol. The van der Waals surface area contributed by atoms with Crippen LogP contribution in [0.25, 0.3) is 0 Å². The SMILES string of the molecule is N[C@H](C(=O)N1CCC(F)(F)C1)[C@H](O)c1ccncc1. The van der Waals surface area contributed by atoms with Crippen molar-refractivity contribution in [3.8, 4) is 0 Å². The van der Waals surface area contributed by atoms with Crippen molar-refractivity contribution in [1.82, 2.24) is 9.88 Å². The molecule has 3 N–H and O–H groups in total. The number of carbonyl (C=O) groups is 1. The van der Waals surface area contributed by atoms with E-state index in [-0.39, 0.29) is 13.0 Å². The zero-order valence-electron chi connectivity index (χ0n) is 10.2. The van der Waals surface area contributed by atoms with Crippen LogP contribution in [0.5, 0.6) is 0 Å². The molecule has 0 aliphatic carbocycles. The van der Waals surface area contributed by atoms with Crippen LogP contribution >= 0.6 is 0 Å². The van der Waals surface area contributed by atoms with Gasteiger partial charge in [-0.1, -0.05) is 0 Å². The highest BCUT2D eigenvalue weighted by Gasteiger charge is 2.42. The molecule has 1 aromatic heterocycles. The zero-order valence-corrected chi connectivity index (χ0v) is 10.2. The van der Waals surface area contributed by atoms with Crippen molar-refractivity contribution in [1.29, 1.82) is 0 Å². The summed E-state index contributed by atoms with van der Waals surface area (Å²) in [6.45, 7) is -0.675. The molecule has 1 saturated heterocycles. The number of nitrogens with two attached hydrogens (primary N) is 1. The lowest BCUT2D eigenvalue weighted by atomic mass is 10.0. The summed E-state index contributed by atoms with van der Waals surface area (Å²) in [5, 5.41) is 9.96. The van der Waals surface area contributed by atoms with Crippen LogP contribution in [0.2, 0.25) is 0 Å². The molecule has 7 heteroatoms. The zero-order chi connectivity index (χ0) is 14.0. The van der Waals surface area contributed by atoms with Crippen LogP contribution in [-0.4, -0.2) is 46.0 Å². The van der Waals surface area contributed by atoms with Gasteiger partial charge in [0.25, 0.3) is 5.92 Å². The summed E-state index contributed by atoms with van der Waals surface area (Å²) in [7, 11) is 0. The fraction of sp³-hybridized carbons (Fsp3) is 0.500. The van der Waals surface area contributed by atoms with Gasteiger partial charge in [-0.3, -0.25) is 9.78 Å². The summed E-state index contributed by atoms with van der Waals surface area (Å²) in [6, 6.07) is 1.79. The average molecular weight is 271 g/mol. The number of alkyl halides is 2. The van der Waals surface area contributed by atoms with E-state index in [1.807, 2.05) is 0 Å². The van der Waals surface area contributed by atoms with E-state index < -0.39 is 30.5 Å². The third-order valence-corrected chi connectivity index (χ3v) is 3.15. The molecule has 0 bridgehead atoms. The second-order valence-electron chi connectivity index (χ2n) is 4.62. The Morgan fingerprint density at radius 1 is 1.47 bits per heavy atom. The minimum Gasteiger partial charge on any atom is -0.386 e. The smallest absolute Gasteiger partial charge is 0.267 e. The number of likely N-dealkylation sites (tertiary alicyclic amines) is 1. The number of pyridine rings is 1. The van der Waals surface area contributed by atoms with Gasteiger partial charge in [0, 0.05) is 25.4 Å². The molecule has 19 heavy (non-hydrogen) atoms. The fourth-order valence-corrected chi connectivity index (χ4v) is 2.04. The number of aliphatic hydroxyl groups excluding tert-OH is 1. The van der Waals surface area contributed by atoms with Gasteiger partial charge in [0.05, 0.1) is 6.54 Å². The minimum absolute atomic E-state index is 0.0391. The van der Waals surface area contributed by atoms with E-state index in [1.54, 1.807) is 0 Å². The molecular weight excluding hydrogens is 256 g/mol. The summed E-state index contributed by atoms with van der Waals surface area (Å²) < 4.78 is 26.1. The topological polar surface area (TPSA) is 79.5 Å². The molecule has 0 saturated carbocycles. The predicted molar refractivity (Wildman–Crippen MR) is 63.3 cm³/mol. The standard InChI is InChI=1S/C12H15F2N3O2/c13-12(14)3-6-17(7-12)11(19)9(15)10(18)8-1-4-16-5-2-8/h1-2,4-5,9-10,18H,3,6-7,15H2/t9-,10+/m0/s1. The van der Waals surface area contributed by atoms with Gasteiger partial charge in [-0.25, -0.2) is 8.78 Å². The molecule has 5 nitrogen and oxygen atoms in total. The maximum atomic E-state index is 13.0. The summed E-state index contributed by atoms with van der Waals surface area (Å²) >= 11 is 0. The number of hydrogen-bond acceptors (Lipinski definition) is 4. The van der Waals surface area contributed by atoms with Crippen molar-refractivity contribution in [2.45, 2.75) is 24.5 Å². The number of halogens is 2. The van der Waals surface area contributed by atoms with Gasteiger partial charge >= 0.3 is 0 Å². The van der Waals surface area contributed by atoms with Crippen LogP contribution in [0.15, 0.2) is 24.5 Å². The van der Waals surface area contributed by atoms with Gasteiger partial charge in [-0.05, 0) is 17.7 Å². The Morgan fingerprint density at radius 3 is 2.63 bits per heavy atom. The predicted octanol–water partition coefficient (Wildman–Crippen LogP) is 0.310. The Morgan fingerprint density at radius 2 is 2.11 bits per heavy atom. The lowest BCUT2D eigenvalue weighted by molar-refractivity contribution is -0.135. The molecule has 1 aliphatic rings. The van der Waals surface area contributed by atoms with Crippen molar-refractivity contribution >= 4 is 5.91 Å². The molecule has 0 aromatic carbocycles. The van der Waals surface area contributed by atoms with E-state index in [0.717, 1.165) is 4.90 Å². The Balaban J connectivity index is 2.04. The molecule has 2 heterocycles. The van der Waals surface area contributed by atoms with E-state index in [9.17, 15) is 18.7 Å². The van der Waals surface area contributed by atoms with Gasteiger partial charge < -0.3 is 15.7 Å². The Kier molecular flexibility index (Phi) is 3.77. The normalized spacial score (nSPS) is 21.2. The number of aromatic nitrogens is 1. The Hall–Kier alpha value is -1.60. The van der Waals surface area contributed by atoms with Crippen molar-refractivity contribution in [2.24, 2.45) is 5.73 Å². The van der Waals surface area contributed by atoms with Gasteiger partial charge in [-0.2, -0.15) is 0 Å². The number of aliphatic hydroxyl groups is 1. The first-order valence-corrected chi connectivity index (χ1v) is 5.91. The summed E-state index contributed by atoms with van der Waals surface area (Å²) in [6.07, 6.45) is 1.32. The minimum atomic E-state index is -2.86. The van der Waals surface area contributed by atoms with Crippen molar-refractivity contribution in [2.75, 3.05) is 13.1 Å². The average Bonchev–Trinajstić information content (AvgIpc) is 2.77.